The molecule has 0 spiro atoms. The molecule has 0 bridgehead atoms. The Morgan fingerprint density at radius 2 is 1.58 bits per heavy atom. The van der Waals surface area contributed by atoms with Crippen LogP contribution in [0.2, 0.25) is 0 Å². The number of para-hydroxylation sites is 1. The van der Waals surface area contributed by atoms with Crippen LogP contribution in [0.1, 0.15) is 11.5 Å². The van der Waals surface area contributed by atoms with Crippen LogP contribution in [0, 0.1) is 11.6 Å². The molecule has 0 heterocycles. The summed E-state index contributed by atoms with van der Waals surface area (Å²) in [7, 11) is 0. The first-order chi connectivity index (χ1) is 9.22. The molecule has 2 aromatic carbocycles. The van der Waals surface area contributed by atoms with Gasteiger partial charge >= 0.3 is 0 Å². The van der Waals surface area contributed by atoms with E-state index in [2.05, 4.69) is 0 Å². The van der Waals surface area contributed by atoms with E-state index in [0.717, 1.165) is 0 Å². The van der Waals surface area contributed by atoms with Crippen molar-refractivity contribution >= 4 is 0 Å². The van der Waals surface area contributed by atoms with Crippen molar-refractivity contribution in [2.24, 2.45) is 0 Å². The lowest BCUT2D eigenvalue weighted by molar-refractivity contribution is 0.198. The molecule has 100 valence electrons. The van der Waals surface area contributed by atoms with E-state index in [1.165, 1.54) is 18.2 Å². The average Bonchev–Trinajstić information content (AvgIpc) is 2.43. The van der Waals surface area contributed by atoms with Crippen molar-refractivity contribution < 1.29 is 18.6 Å². The summed E-state index contributed by atoms with van der Waals surface area (Å²) in [6, 6.07) is 12.1. The van der Waals surface area contributed by atoms with Gasteiger partial charge < -0.3 is 9.84 Å². The summed E-state index contributed by atoms with van der Waals surface area (Å²) in [6.45, 7) is -0.256. The third-order valence-corrected chi connectivity index (χ3v) is 2.84. The van der Waals surface area contributed by atoms with E-state index in [0.29, 0.717) is 5.56 Å². The van der Waals surface area contributed by atoms with Crippen molar-refractivity contribution in [3.8, 4) is 5.75 Å². The first-order valence-electron chi connectivity index (χ1n) is 5.95. The molecule has 4 heteroatoms. The zero-order valence-electron chi connectivity index (χ0n) is 10.2. The molecule has 1 unspecified atom stereocenters. The fraction of sp³-hybridized carbons (Fsp3) is 0.200. The predicted molar refractivity (Wildman–Crippen MR) is 68.1 cm³/mol. The van der Waals surface area contributed by atoms with Crippen LogP contribution in [0.15, 0.2) is 48.5 Å². The largest absolute Gasteiger partial charge is 0.490 e. The van der Waals surface area contributed by atoms with Crippen LogP contribution in [-0.2, 0) is 0 Å². The lowest BCUT2D eigenvalue weighted by Gasteiger charge is -2.16. The maximum absolute atomic E-state index is 13.6. The average molecular weight is 264 g/mol. The minimum Gasteiger partial charge on any atom is -0.490 e. The van der Waals surface area contributed by atoms with Gasteiger partial charge in [-0.3, -0.25) is 0 Å². The standard InChI is InChI=1S/C15H14F2O2/c16-13-6-2-1-5-12(13)11(9-18)10-19-15-8-4-3-7-14(15)17/h1-8,11,18H,9-10H2. The Hall–Kier alpha value is -1.94. The van der Waals surface area contributed by atoms with Gasteiger partial charge in [0.1, 0.15) is 5.82 Å². The molecule has 19 heavy (non-hydrogen) atoms. The second-order valence-electron chi connectivity index (χ2n) is 4.14. The molecule has 0 aromatic heterocycles. The molecule has 0 saturated carbocycles. The Bertz CT molecular complexity index is 543. The van der Waals surface area contributed by atoms with E-state index in [1.807, 2.05) is 0 Å². The molecule has 0 fully saturated rings. The van der Waals surface area contributed by atoms with E-state index in [4.69, 9.17) is 4.74 Å². The highest BCUT2D eigenvalue weighted by Crippen LogP contribution is 2.22. The molecule has 2 aromatic rings. The quantitative estimate of drug-likeness (QED) is 0.899. The van der Waals surface area contributed by atoms with Crippen molar-refractivity contribution in [1.29, 1.82) is 0 Å². The molecule has 1 N–H and O–H groups in total. The molecule has 0 amide bonds. The maximum Gasteiger partial charge on any atom is 0.165 e. The molecular weight excluding hydrogens is 250 g/mol. The molecule has 0 aliphatic carbocycles. The van der Waals surface area contributed by atoms with Gasteiger partial charge in [-0.25, -0.2) is 8.78 Å². The van der Waals surface area contributed by atoms with Crippen molar-refractivity contribution in [1.82, 2.24) is 0 Å². The molecule has 0 radical (unpaired) electrons. The number of rotatable bonds is 5. The summed E-state index contributed by atoms with van der Waals surface area (Å²) in [5.41, 5.74) is 0.362. The number of hydrogen-bond acceptors (Lipinski definition) is 2. The minimum atomic E-state index is -0.527. The number of halogens is 2. The van der Waals surface area contributed by atoms with Crippen molar-refractivity contribution in [2.75, 3.05) is 13.2 Å². The van der Waals surface area contributed by atoms with E-state index in [-0.39, 0.29) is 19.0 Å². The second-order valence-corrected chi connectivity index (χ2v) is 4.14. The Labute approximate surface area is 110 Å². The van der Waals surface area contributed by atoms with Crippen molar-refractivity contribution in [3.05, 3.63) is 65.7 Å². The van der Waals surface area contributed by atoms with Gasteiger partial charge in [0.25, 0.3) is 0 Å². The topological polar surface area (TPSA) is 29.5 Å². The van der Waals surface area contributed by atoms with Crippen LogP contribution >= 0.6 is 0 Å². The van der Waals surface area contributed by atoms with Gasteiger partial charge in [0.2, 0.25) is 0 Å². The smallest absolute Gasteiger partial charge is 0.165 e. The van der Waals surface area contributed by atoms with Crippen LogP contribution in [0.3, 0.4) is 0 Å². The Morgan fingerprint density at radius 3 is 2.21 bits per heavy atom. The highest BCUT2D eigenvalue weighted by atomic mass is 19.1. The van der Waals surface area contributed by atoms with Crippen LogP contribution in [0.25, 0.3) is 0 Å². The molecule has 0 aliphatic rings. The predicted octanol–water partition coefficient (Wildman–Crippen LogP) is 3.12. The molecule has 2 nitrogen and oxygen atoms in total. The van der Waals surface area contributed by atoms with E-state index in [1.54, 1.807) is 30.3 Å². The van der Waals surface area contributed by atoms with Crippen LogP contribution in [0.5, 0.6) is 5.75 Å². The highest BCUT2D eigenvalue weighted by molar-refractivity contribution is 5.25. The van der Waals surface area contributed by atoms with Crippen molar-refractivity contribution in [3.63, 3.8) is 0 Å². The summed E-state index contributed by atoms with van der Waals surface area (Å²) in [5, 5.41) is 9.31. The van der Waals surface area contributed by atoms with Crippen LogP contribution in [0.4, 0.5) is 8.78 Å². The fourth-order valence-corrected chi connectivity index (χ4v) is 1.80. The second kappa shape index (κ2) is 6.29. The third-order valence-electron chi connectivity index (χ3n) is 2.84. The third kappa shape index (κ3) is 3.29. The van der Waals surface area contributed by atoms with Gasteiger partial charge in [0.05, 0.1) is 13.2 Å². The van der Waals surface area contributed by atoms with E-state index >= 15 is 0 Å². The van der Waals surface area contributed by atoms with Crippen LogP contribution in [-0.4, -0.2) is 18.3 Å². The Kier molecular flexibility index (Phi) is 4.47. The summed E-state index contributed by atoms with van der Waals surface area (Å²) in [6.07, 6.45) is 0. The molecule has 1 atom stereocenters. The van der Waals surface area contributed by atoms with Gasteiger partial charge in [0.15, 0.2) is 11.6 Å². The van der Waals surface area contributed by atoms with Gasteiger partial charge in [-0.15, -0.1) is 0 Å². The van der Waals surface area contributed by atoms with Gasteiger partial charge in [-0.2, -0.15) is 0 Å². The number of hydrogen-bond donors (Lipinski definition) is 1. The van der Waals surface area contributed by atoms with Gasteiger partial charge in [0, 0.05) is 5.92 Å². The summed E-state index contributed by atoms with van der Waals surface area (Å²) in [4.78, 5) is 0. The highest BCUT2D eigenvalue weighted by Gasteiger charge is 2.16. The van der Waals surface area contributed by atoms with Gasteiger partial charge in [-0.1, -0.05) is 30.3 Å². The number of ether oxygens (including phenoxy) is 1. The SMILES string of the molecule is OCC(COc1ccccc1F)c1ccccc1F. The molecular formula is C15H14F2O2. The summed E-state index contributed by atoms with van der Waals surface area (Å²) < 4.78 is 32.3. The lowest BCUT2D eigenvalue weighted by Crippen LogP contribution is -2.16. The molecule has 0 saturated heterocycles. The lowest BCUT2D eigenvalue weighted by atomic mass is 10.0. The summed E-state index contributed by atoms with van der Waals surface area (Å²) >= 11 is 0. The molecule has 0 aliphatic heterocycles. The van der Waals surface area contributed by atoms with E-state index < -0.39 is 17.6 Å². The monoisotopic (exact) mass is 264 g/mol. The summed E-state index contributed by atoms with van der Waals surface area (Å²) in [5.74, 6) is -1.32. The molecule has 2 rings (SSSR count). The number of benzene rings is 2. The van der Waals surface area contributed by atoms with Crippen molar-refractivity contribution in [2.45, 2.75) is 5.92 Å². The first-order valence-corrected chi connectivity index (χ1v) is 5.95. The van der Waals surface area contributed by atoms with Gasteiger partial charge in [-0.05, 0) is 23.8 Å². The zero-order valence-corrected chi connectivity index (χ0v) is 10.2. The van der Waals surface area contributed by atoms with Crippen LogP contribution < -0.4 is 4.74 Å². The van der Waals surface area contributed by atoms with E-state index in [9.17, 15) is 13.9 Å². The number of aliphatic hydroxyl groups excluding tert-OH is 1. The number of aliphatic hydroxyl groups is 1. The normalized spacial score (nSPS) is 12.2. The first kappa shape index (κ1) is 13.5. The fourth-order valence-electron chi connectivity index (χ4n) is 1.80. The minimum absolute atomic E-state index is 0.0123. The Morgan fingerprint density at radius 1 is 0.947 bits per heavy atom. The maximum atomic E-state index is 13.6. The zero-order chi connectivity index (χ0) is 13.7. The Balaban J connectivity index is 2.09.